The summed E-state index contributed by atoms with van der Waals surface area (Å²) in [6.07, 6.45) is 8.44. The van der Waals surface area contributed by atoms with Gasteiger partial charge in [-0.2, -0.15) is 0 Å². The van der Waals surface area contributed by atoms with Crippen LogP contribution in [0.25, 0.3) is 5.57 Å². The number of allylic oxidation sites excluding steroid dienone is 1. The maximum Gasteiger partial charge on any atom is 0.335 e. The van der Waals surface area contributed by atoms with Crippen molar-refractivity contribution >= 4 is 28.4 Å². The zero-order chi connectivity index (χ0) is 29.1. The van der Waals surface area contributed by atoms with Crippen LogP contribution in [0.5, 0.6) is 5.75 Å². The summed E-state index contributed by atoms with van der Waals surface area (Å²) in [7, 11) is 0. The maximum absolute atomic E-state index is 13.3. The van der Waals surface area contributed by atoms with Gasteiger partial charge in [0.25, 0.3) is 0 Å². The molecule has 6 heteroatoms. The number of ether oxygens (including phenoxy) is 3. The van der Waals surface area contributed by atoms with Crippen molar-refractivity contribution in [3.63, 3.8) is 0 Å². The first-order valence-electron chi connectivity index (χ1n) is 15.2. The predicted octanol–water partition coefficient (Wildman–Crippen LogP) is 8.64. The molecule has 5 nitrogen and oxygen atoms in total. The molecule has 1 fully saturated rings. The standard InChI is InChI=1S/C36H40O5S/c1-26(37)42-25-9-3-8-24-39-29-22-20-27(21-23-29)30-16-10-18-34(32-15-7-6-14-31(30)32)41-36(38)35-19-11-17-33(40-35)28-12-4-2-5-13-28/h2,4-7,12-16,20-23,33-35H,3,8-11,17-19,24-25H2,1H3. The van der Waals surface area contributed by atoms with Crippen LogP contribution in [0.4, 0.5) is 0 Å². The number of rotatable bonds is 11. The van der Waals surface area contributed by atoms with E-state index in [4.69, 9.17) is 14.2 Å². The first-order valence-corrected chi connectivity index (χ1v) is 16.1. The molecular formula is C36H40O5S. The molecule has 3 atom stereocenters. The van der Waals surface area contributed by atoms with Crippen molar-refractivity contribution in [2.24, 2.45) is 0 Å². The van der Waals surface area contributed by atoms with Crippen LogP contribution in [0.3, 0.4) is 0 Å². The second-order valence-electron chi connectivity index (χ2n) is 10.9. The van der Waals surface area contributed by atoms with Crippen LogP contribution in [0.15, 0.2) is 84.9 Å². The quantitative estimate of drug-likeness (QED) is 0.166. The lowest BCUT2D eigenvalue weighted by atomic mass is 9.93. The van der Waals surface area contributed by atoms with Crippen molar-refractivity contribution in [2.45, 2.75) is 76.6 Å². The van der Waals surface area contributed by atoms with Crippen LogP contribution in [0, 0.1) is 0 Å². The molecule has 3 aromatic rings. The van der Waals surface area contributed by atoms with E-state index in [1.165, 1.54) is 11.8 Å². The molecule has 0 bridgehead atoms. The molecule has 1 saturated heterocycles. The summed E-state index contributed by atoms with van der Waals surface area (Å²) >= 11 is 1.39. The number of carbonyl (C=O) groups is 2. The Morgan fingerprint density at radius 2 is 1.67 bits per heavy atom. The highest BCUT2D eigenvalue weighted by atomic mass is 32.2. The summed E-state index contributed by atoms with van der Waals surface area (Å²) < 4.78 is 18.4. The molecule has 3 aromatic carbocycles. The third kappa shape index (κ3) is 8.14. The fourth-order valence-electron chi connectivity index (χ4n) is 5.71. The summed E-state index contributed by atoms with van der Waals surface area (Å²) in [6.45, 7) is 2.28. The lowest BCUT2D eigenvalue weighted by Gasteiger charge is -2.30. The first kappa shape index (κ1) is 30.1. The van der Waals surface area contributed by atoms with Gasteiger partial charge in [0.05, 0.1) is 12.7 Å². The molecule has 0 amide bonds. The molecule has 2 aliphatic rings. The number of hydrogen-bond donors (Lipinski definition) is 0. The number of benzene rings is 3. The van der Waals surface area contributed by atoms with Crippen LogP contribution in [-0.2, 0) is 19.1 Å². The molecule has 42 heavy (non-hydrogen) atoms. The molecule has 0 radical (unpaired) electrons. The van der Waals surface area contributed by atoms with Crippen LogP contribution in [0.1, 0.15) is 92.8 Å². The Morgan fingerprint density at radius 1 is 0.881 bits per heavy atom. The zero-order valence-corrected chi connectivity index (χ0v) is 25.2. The third-order valence-corrected chi connectivity index (χ3v) is 8.76. The Bertz CT molecular complexity index is 1350. The fraction of sp³-hybridized carbons (Fsp3) is 0.389. The Morgan fingerprint density at radius 3 is 2.48 bits per heavy atom. The van der Waals surface area contributed by atoms with Gasteiger partial charge in [-0.3, -0.25) is 4.79 Å². The molecule has 0 N–H and O–H groups in total. The van der Waals surface area contributed by atoms with E-state index in [-0.39, 0.29) is 23.3 Å². The van der Waals surface area contributed by atoms with E-state index in [1.54, 1.807) is 6.92 Å². The number of thioether (sulfide) groups is 1. The topological polar surface area (TPSA) is 61.8 Å². The van der Waals surface area contributed by atoms with E-state index < -0.39 is 6.10 Å². The maximum atomic E-state index is 13.3. The van der Waals surface area contributed by atoms with Gasteiger partial charge in [0.1, 0.15) is 11.9 Å². The summed E-state index contributed by atoms with van der Waals surface area (Å²) in [5.74, 6) is 1.47. The van der Waals surface area contributed by atoms with Crippen LogP contribution < -0.4 is 4.74 Å². The van der Waals surface area contributed by atoms with E-state index >= 15 is 0 Å². The van der Waals surface area contributed by atoms with Gasteiger partial charge < -0.3 is 14.2 Å². The van der Waals surface area contributed by atoms with Gasteiger partial charge in [-0.15, -0.1) is 0 Å². The highest BCUT2D eigenvalue weighted by Crippen LogP contribution is 2.39. The number of esters is 1. The Labute approximate surface area is 253 Å². The molecule has 1 aliphatic heterocycles. The van der Waals surface area contributed by atoms with Gasteiger partial charge >= 0.3 is 5.97 Å². The van der Waals surface area contributed by atoms with Gasteiger partial charge in [0.2, 0.25) is 0 Å². The minimum absolute atomic E-state index is 0.0732. The Balaban J connectivity index is 1.19. The van der Waals surface area contributed by atoms with Crippen LogP contribution in [0.2, 0.25) is 0 Å². The lowest BCUT2D eigenvalue weighted by Crippen LogP contribution is -2.32. The molecule has 0 saturated carbocycles. The number of fused-ring (bicyclic) bond motifs is 1. The average Bonchev–Trinajstić information content (AvgIpc) is 3.21. The third-order valence-electron chi connectivity index (χ3n) is 7.86. The van der Waals surface area contributed by atoms with Gasteiger partial charge in [-0.05, 0) is 85.8 Å². The van der Waals surface area contributed by atoms with E-state index in [2.05, 4.69) is 42.5 Å². The van der Waals surface area contributed by atoms with Crippen LogP contribution >= 0.6 is 11.8 Å². The van der Waals surface area contributed by atoms with Gasteiger partial charge in [0.15, 0.2) is 11.2 Å². The molecule has 1 heterocycles. The monoisotopic (exact) mass is 584 g/mol. The second kappa shape index (κ2) is 15.2. The second-order valence-corrected chi connectivity index (χ2v) is 12.2. The number of unbranched alkanes of at least 4 members (excludes halogenated alkanes) is 2. The first-order chi connectivity index (χ1) is 20.6. The highest BCUT2D eigenvalue weighted by Gasteiger charge is 2.32. The van der Waals surface area contributed by atoms with Crippen molar-refractivity contribution in [2.75, 3.05) is 12.4 Å². The highest BCUT2D eigenvalue weighted by molar-refractivity contribution is 8.13. The smallest absolute Gasteiger partial charge is 0.335 e. The predicted molar refractivity (Wildman–Crippen MR) is 168 cm³/mol. The van der Waals surface area contributed by atoms with Crippen LogP contribution in [-0.4, -0.2) is 29.5 Å². The van der Waals surface area contributed by atoms with E-state index in [0.717, 1.165) is 84.3 Å². The molecule has 0 spiro atoms. The molecule has 1 aliphatic carbocycles. The zero-order valence-electron chi connectivity index (χ0n) is 24.3. The van der Waals surface area contributed by atoms with Crippen molar-refractivity contribution in [3.05, 3.63) is 107 Å². The number of hydrogen-bond acceptors (Lipinski definition) is 6. The fourth-order valence-corrected chi connectivity index (χ4v) is 6.34. The average molecular weight is 585 g/mol. The largest absolute Gasteiger partial charge is 0.494 e. The van der Waals surface area contributed by atoms with Crippen molar-refractivity contribution in [1.82, 2.24) is 0 Å². The van der Waals surface area contributed by atoms with Gasteiger partial charge in [-0.25, -0.2) is 4.79 Å². The summed E-state index contributed by atoms with van der Waals surface area (Å²) in [5, 5.41) is 0.181. The molecule has 0 aromatic heterocycles. The van der Waals surface area contributed by atoms with E-state index in [1.807, 2.05) is 42.5 Å². The SMILES string of the molecule is CC(=O)SCCCCCOc1ccc(C2=CCCC(OC(=O)C3CCCC(c4ccccc4)O3)c3ccccc32)cc1. The molecule has 220 valence electrons. The molecular weight excluding hydrogens is 544 g/mol. The van der Waals surface area contributed by atoms with Crippen molar-refractivity contribution < 1.29 is 23.8 Å². The molecule has 3 unspecified atom stereocenters. The van der Waals surface area contributed by atoms with Crippen molar-refractivity contribution in [3.8, 4) is 5.75 Å². The lowest BCUT2D eigenvalue weighted by molar-refractivity contribution is -0.172. The normalized spacial score (nSPS) is 20.1. The number of carbonyl (C=O) groups excluding carboxylic acids is 2. The molecule has 5 rings (SSSR count). The van der Waals surface area contributed by atoms with E-state index in [0.29, 0.717) is 13.0 Å². The van der Waals surface area contributed by atoms with Gasteiger partial charge in [0, 0.05) is 18.2 Å². The van der Waals surface area contributed by atoms with Gasteiger partial charge in [-0.1, -0.05) is 84.6 Å². The Hall–Kier alpha value is -3.35. The summed E-state index contributed by atoms with van der Waals surface area (Å²) in [6, 6.07) is 26.6. The minimum Gasteiger partial charge on any atom is -0.494 e. The minimum atomic E-state index is -0.543. The van der Waals surface area contributed by atoms with Crippen molar-refractivity contribution in [1.29, 1.82) is 0 Å². The summed E-state index contributed by atoms with van der Waals surface area (Å²) in [4.78, 5) is 24.4. The Kier molecular flexibility index (Phi) is 10.9. The summed E-state index contributed by atoms with van der Waals surface area (Å²) in [5.41, 5.74) is 5.51. The van der Waals surface area contributed by atoms with E-state index in [9.17, 15) is 9.59 Å².